The van der Waals surface area contributed by atoms with Crippen molar-refractivity contribution in [1.82, 2.24) is 10.6 Å². The molecule has 2 N–H and O–H groups in total. The smallest absolute Gasteiger partial charge is 0.00675 e. The van der Waals surface area contributed by atoms with Crippen molar-refractivity contribution in [3.05, 3.63) is 0 Å². The van der Waals surface area contributed by atoms with E-state index in [2.05, 4.69) is 24.5 Å². The van der Waals surface area contributed by atoms with Crippen LogP contribution < -0.4 is 10.6 Å². The van der Waals surface area contributed by atoms with Gasteiger partial charge in [0.1, 0.15) is 0 Å². The number of hydrogen-bond acceptors (Lipinski definition) is 2. The SMILES string of the molecule is CC1(C)CCC(NCC2CCNCC2)CC1. The standard InChI is InChI=1S/C14H28N2/c1-14(2)7-3-13(4-8-14)16-11-12-5-9-15-10-6-12/h12-13,15-16H,3-11H2,1-2H3. The average Bonchev–Trinajstić information content (AvgIpc) is 2.29. The van der Waals surface area contributed by atoms with Crippen LogP contribution in [0.15, 0.2) is 0 Å². The monoisotopic (exact) mass is 224 g/mol. The van der Waals surface area contributed by atoms with Gasteiger partial charge in [0.25, 0.3) is 0 Å². The molecule has 0 radical (unpaired) electrons. The molecule has 2 rings (SSSR count). The van der Waals surface area contributed by atoms with Crippen LogP contribution in [0.1, 0.15) is 52.4 Å². The van der Waals surface area contributed by atoms with Gasteiger partial charge in [0, 0.05) is 6.04 Å². The third-order valence-corrected chi connectivity index (χ3v) is 4.49. The Morgan fingerprint density at radius 2 is 1.69 bits per heavy atom. The molecule has 1 aliphatic carbocycles. The van der Waals surface area contributed by atoms with E-state index in [9.17, 15) is 0 Å². The van der Waals surface area contributed by atoms with Crippen molar-refractivity contribution in [1.29, 1.82) is 0 Å². The number of hydrogen-bond donors (Lipinski definition) is 2. The number of piperidine rings is 1. The van der Waals surface area contributed by atoms with E-state index in [-0.39, 0.29) is 0 Å². The van der Waals surface area contributed by atoms with E-state index in [1.807, 2.05) is 0 Å². The molecule has 0 atom stereocenters. The lowest BCUT2D eigenvalue weighted by Crippen LogP contribution is -2.40. The van der Waals surface area contributed by atoms with Crippen molar-refractivity contribution in [2.75, 3.05) is 19.6 Å². The van der Waals surface area contributed by atoms with E-state index in [1.54, 1.807) is 0 Å². The second-order valence-corrected chi connectivity index (χ2v) is 6.54. The molecule has 94 valence electrons. The maximum atomic E-state index is 3.80. The van der Waals surface area contributed by atoms with Crippen molar-refractivity contribution < 1.29 is 0 Å². The molecule has 0 aromatic heterocycles. The predicted octanol–water partition coefficient (Wildman–Crippen LogP) is 2.54. The van der Waals surface area contributed by atoms with Crippen LogP contribution in [0.25, 0.3) is 0 Å². The molecule has 2 aliphatic rings. The van der Waals surface area contributed by atoms with E-state index < -0.39 is 0 Å². The van der Waals surface area contributed by atoms with Crippen LogP contribution in [-0.4, -0.2) is 25.7 Å². The Morgan fingerprint density at radius 3 is 2.31 bits per heavy atom. The van der Waals surface area contributed by atoms with Gasteiger partial charge in [0.05, 0.1) is 0 Å². The van der Waals surface area contributed by atoms with Crippen LogP contribution in [0.5, 0.6) is 0 Å². The Morgan fingerprint density at radius 1 is 1.06 bits per heavy atom. The topological polar surface area (TPSA) is 24.1 Å². The van der Waals surface area contributed by atoms with Crippen molar-refractivity contribution in [2.24, 2.45) is 11.3 Å². The molecule has 0 spiro atoms. The van der Waals surface area contributed by atoms with Gasteiger partial charge in [-0.1, -0.05) is 13.8 Å². The molecule has 0 aromatic rings. The first-order valence-corrected chi connectivity index (χ1v) is 7.10. The normalized spacial score (nSPS) is 28.1. The molecule has 2 fully saturated rings. The molecule has 2 nitrogen and oxygen atoms in total. The zero-order valence-electron chi connectivity index (χ0n) is 11.0. The molecular formula is C14H28N2. The van der Waals surface area contributed by atoms with Crippen molar-refractivity contribution >= 4 is 0 Å². The molecule has 16 heavy (non-hydrogen) atoms. The highest BCUT2D eigenvalue weighted by Crippen LogP contribution is 2.35. The first kappa shape index (κ1) is 12.4. The average molecular weight is 224 g/mol. The molecule has 1 saturated carbocycles. The fraction of sp³-hybridized carbons (Fsp3) is 1.00. The summed E-state index contributed by atoms with van der Waals surface area (Å²) in [5.74, 6) is 0.927. The van der Waals surface area contributed by atoms with Gasteiger partial charge in [0.2, 0.25) is 0 Å². The minimum Gasteiger partial charge on any atom is -0.317 e. The summed E-state index contributed by atoms with van der Waals surface area (Å²) in [4.78, 5) is 0. The lowest BCUT2D eigenvalue weighted by atomic mass is 9.75. The fourth-order valence-electron chi connectivity index (χ4n) is 3.02. The Bertz CT molecular complexity index is 197. The lowest BCUT2D eigenvalue weighted by Gasteiger charge is -2.35. The van der Waals surface area contributed by atoms with Gasteiger partial charge in [-0.05, 0) is 69.5 Å². The summed E-state index contributed by atoms with van der Waals surface area (Å²) in [5.41, 5.74) is 0.604. The number of rotatable bonds is 3. The van der Waals surface area contributed by atoms with Crippen molar-refractivity contribution in [3.63, 3.8) is 0 Å². The van der Waals surface area contributed by atoms with Crippen LogP contribution in [0.3, 0.4) is 0 Å². The summed E-state index contributed by atoms with van der Waals surface area (Å²) in [6, 6.07) is 0.808. The molecule has 0 aromatic carbocycles. The molecule has 0 bridgehead atoms. The van der Waals surface area contributed by atoms with Gasteiger partial charge in [0.15, 0.2) is 0 Å². The minimum absolute atomic E-state index is 0.604. The zero-order valence-corrected chi connectivity index (χ0v) is 11.0. The Kier molecular flexibility index (Phi) is 4.26. The van der Waals surface area contributed by atoms with E-state index in [0.717, 1.165) is 12.0 Å². The molecule has 1 heterocycles. The lowest BCUT2D eigenvalue weighted by molar-refractivity contribution is 0.199. The minimum atomic E-state index is 0.604. The Hall–Kier alpha value is -0.0800. The third kappa shape index (κ3) is 3.74. The summed E-state index contributed by atoms with van der Waals surface area (Å²) < 4.78 is 0. The van der Waals surface area contributed by atoms with E-state index in [4.69, 9.17) is 0 Å². The molecule has 1 saturated heterocycles. The van der Waals surface area contributed by atoms with Crippen LogP contribution in [-0.2, 0) is 0 Å². The van der Waals surface area contributed by atoms with E-state index >= 15 is 0 Å². The Labute approximate surface area is 101 Å². The first-order valence-electron chi connectivity index (χ1n) is 7.10. The summed E-state index contributed by atoms with van der Waals surface area (Å²) in [6.45, 7) is 8.53. The van der Waals surface area contributed by atoms with Crippen LogP contribution in [0.4, 0.5) is 0 Å². The molecule has 0 amide bonds. The summed E-state index contributed by atoms with van der Waals surface area (Å²) >= 11 is 0. The third-order valence-electron chi connectivity index (χ3n) is 4.49. The quantitative estimate of drug-likeness (QED) is 0.770. The first-order chi connectivity index (χ1) is 7.66. The van der Waals surface area contributed by atoms with Gasteiger partial charge in [-0.15, -0.1) is 0 Å². The maximum Gasteiger partial charge on any atom is 0.00675 e. The molecular weight excluding hydrogens is 196 g/mol. The van der Waals surface area contributed by atoms with E-state index in [1.165, 1.54) is 58.2 Å². The van der Waals surface area contributed by atoms with Crippen LogP contribution >= 0.6 is 0 Å². The van der Waals surface area contributed by atoms with E-state index in [0.29, 0.717) is 5.41 Å². The highest BCUT2D eigenvalue weighted by molar-refractivity contribution is 4.83. The Balaban J connectivity index is 1.63. The number of nitrogens with one attached hydrogen (secondary N) is 2. The fourth-order valence-corrected chi connectivity index (χ4v) is 3.02. The highest BCUT2D eigenvalue weighted by Gasteiger charge is 2.26. The van der Waals surface area contributed by atoms with Gasteiger partial charge >= 0.3 is 0 Å². The van der Waals surface area contributed by atoms with Crippen LogP contribution in [0, 0.1) is 11.3 Å². The summed E-state index contributed by atoms with van der Waals surface area (Å²) in [7, 11) is 0. The van der Waals surface area contributed by atoms with Gasteiger partial charge < -0.3 is 10.6 Å². The van der Waals surface area contributed by atoms with Crippen molar-refractivity contribution in [3.8, 4) is 0 Å². The zero-order chi connectivity index (χ0) is 11.4. The van der Waals surface area contributed by atoms with Gasteiger partial charge in [-0.2, -0.15) is 0 Å². The maximum absolute atomic E-state index is 3.80. The second kappa shape index (κ2) is 5.50. The second-order valence-electron chi connectivity index (χ2n) is 6.54. The molecule has 0 unspecified atom stereocenters. The molecule has 2 heteroatoms. The van der Waals surface area contributed by atoms with Crippen molar-refractivity contribution in [2.45, 2.75) is 58.4 Å². The highest BCUT2D eigenvalue weighted by atomic mass is 14.9. The van der Waals surface area contributed by atoms with Gasteiger partial charge in [-0.3, -0.25) is 0 Å². The van der Waals surface area contributed by atoms with Gasteiger partial charge in [-0.25, -0.2) is 0 Å². The molecule has 1 aliphatic heterocycles. The largest absolute Gasteiger partial charge is 0.317 e. The summed E-state index contributed by atoms with van der Waals surface area (Å²) in [5, 5.41) is 7.24. The summed E-state index contributed by atoms with van der Waals surface area (Å²) in [6.07, 6.45) is 8.31. The van der Waals surface area contributed by atoms with Crippen LogP contribution in [0.2, 0.25) is 0 Å². The predicted molar refractivity (Wildman–Crippen MR) is 69.6 cm³/mol.